The number of fused-ring (bicyclic) bond motifs is 1. The molecule has 4 rings (SSSR count). The second-order valence-electron chi connectivity index (χ2n) is 7.96. The molecule has 2 unspecified atom stereocenters. The Kier molecular flexibility index (Phi) is 6.53. The van der Waals surface area contributed by atoms with Gasteiger partial charge in [-0.25, -0.2) is 0 Å². The van der Waals surface area contributed by atoms with Crippen molar-refractivity contribution in [2.75, 3.05) is 32.1 Å². The number of amides is 2. The molecule has 32 heavy (non-hydrogen) atoms. The Morgan fingerprint density at radius 1 is 1.19 bits per heavy atom. The van der Waals surface area contributed by atoms with Crippen molar-refractivity contribution >= 4 is 45.1 Å². The molecular formula is C24H25BrN2O5. The smallest absolute Gasteiger partial charge is 0.260 e. The van der Waals surface area contributed by atoms with Crippen LogP contribution in [0.15, 0.2) is 40.9 Å². The van der Waals surface area contributed by atoms with E-state index in [2.05, 4.69) is 21.2 Å². The third-order valence-electron chi connectivity index (χ3n) is 5.39. The van der Waals surface area contributed by atoms with E-state index in [-0.39, 0.29) is 30.6 Å². The fraction of sp³-hybridized carbons (Fsp3) is 0.333. The van der Waals surface area contributed by atoms with Crippen LogP contribution in [0.1, 0.15) is 25.0 Å². The van der Waals surface area contributed by atoms with E-state index in [0.717, 1.165) is 21.3 Å². The second kappa shape index (κ2) is 9.34. The summed E-state index contributed by atoms with van der Waals surface area (Å²) in [6.45, 7) is 4.93. The summed E-state index contributed by atoms with van der Waals surface area (Å²) < 4.78 is 17.8. The van der Waals surface area contributed by atoms with Gasteiger partial charge in [-0.3, -0.25) is 9.59 Å². The van der Waals surface area contributed by atoms with Crippen molar-refractivity contribution in [1.82, 2.24) is 4.90 Å². The van der Waals surface area contributed by atoms with Crippen molar-refractivity contribution < 1.29 is 23.8 Å². The van der Waals surface area contributed by atoms with Crippen LogP contribution in [0.3, 0.4) is 0 Å². The lowest BCUT2D eigenvalue weighted by Crippen LogP contribution is -2.49. The van der Waals surface area contributed by atoms with Gasteiger partial charge in [-0.05, 0) is 55.8 Å². The predicted molar refractivity (Wildman–Crippen MR) is 126 cm³/mol. The highest BCUT2D eigenvalue weighted by molar-refractivity contribution is 9.10. The first-order valence-corrected chi connectivity index (χ1v) is 11.2. The minimum absolute atomic E-state index is 0.00287. The van der Waals surface area contributed by atoms with Crippen LogP contribution in [0.2, 0.25) is 0 Å². The van der Waals surface area contributed by atoms with Crippen LogP contribution in [0, 0.1) is 0 Å². The lowest BCUT2D eigenvalue weighted by atomic mass is 10.0. The average Bonchev–Trinajstić information content (AvgIpc) is 3.06. The molecule has 2 heterocycles. The molecule has 0 radical (unpaired) electrons. The maximum atomic E-state index is 12.6. The average molecular weight is 501 g/mol. The van der Waals surface area contributed by atoms with E-state index in [0.29, 0.717) is 30.2 Å². The second-order valence-corrected chi connectivity index (χ2v) is 8.87. The Labute approximate surface area is 195 Å². The van der Waals surface area contributed by atoms with Crippen LogP contribution in [0.25, 0.3) is 11.6 Å². The molecule has 2 atom stereocenters. The van der Waals surface area contributed by atoms with Crippen LogP contribution in [0.5, 0.6) is 11.5 Å². The van der Waals surface area contributed by atoms with E-state index < -0.39 is 0 Å². The number of benzene rings is 2. The molecule has 1 saturated heterocycles. The fourth-order valence-corrected chi connectivity index (χ4v) is 4.34. The molecule has 7 nitrogen and oxygen atoms in total. The summed E-state index contributed by atoms with van der Waals surface area (Å²) in [6, 6.07) is 11.0. The Hall–Kier alpha value is -2.84. The number of hydrogen-bond donors (Lipinski definition) is 1. The molecule has 2 amide bonds. The van der Waals surface area contributed by atoms with E-state index in [1.807, 2.05) is 44.2 Å². The number of halogens is 1. The van der Waals surface area contributed by atoms with Crippen LogP contribution >= 0.6 is 15.9 Å². The summed E-state index contributed by atoms with van der Waals surface area (Å²) in [4.78, 5) is 26.8. The number of hydrogen-bond acceptors (Lipinski definition) is 5. The Bertz CT molecular complexity index is 1070. The number of rotatable bonds is 5. The topological polar surface area (TPSA) is 77.1 Å². The quantitative estimate of drug-likeness (QED) is 0.628. The molecule has 1 N–H and O–H groups in total. The van der Waals surface area contributed by atoms with Crippen LogP contribution in [-0.2, 0) is 14.3 Å². The third kappa shape index (κ3) is 4.81. The van der Waals surface area contributed by atoms with Crippen LogP contribution in [0.4, 0.5) is 5.69 Å². The number of methoxy groups -OCH3 is 1. The standard InChI is InChI=1S/C24H25BrN2O5/c1-14-11-27(12-15(2)32-14)23(28)13-31-21-7-4-16(9-22(21)30-3)8-19-18-10-17(25)5-6-20(18)26-24(19)29/h4-10,14-15H,11-13H2,1-3H3,(H,26,29)/b19-8-. The molecule has 0 saturated carbocycles. The summed E-state index contributed by atoms with van der Waals surface area (Å²) >= 11 is 3.45. The van der Waals surface area contributed by atoms with Gasteiger partial charge in [-0.2, -0.15) is 0 Å². The van der Waals surface area contributed by atoms with Crippen LogP contribution < -0.4 is 14.8 Å². The van der Waals surface area contributed by atoms with Crippen molar-refractivity contribution in [2.24, 2.45) is 0 Å². The lowest BCUT2D eigenvalue weighted by molar-refractivity contribution is -0.145. The van der Waals surface area contributed by atoms with Gasteiger partial charge in [0, 0.05) is 34.4 Å². The zero-order valence-electron chi connectivity index (χ0n) is 18.2. The Balaban J connectivity index is 1.49. The first-order chi connectivity index (χ1) is 15.3. The van der Waals surface area contributed by atoms with Gasteiger partial charge in [0.15, 0.2) is 18.1 Å². The van der Waals surface area contributed by atoms with Crippen molar-refractivity contribution in [3.05, 3.63) is 52.0 Å². The van der Waals surface area contributed by atoms with Crippen LogP contribution in [-0.4, -0.2) is 55.7 Å². The summed E-state index contributed by atoms with van der Waals surface area (Å²) in [5.41, 5.74) is 2.97. The van der Waals surface area contributed by atoms with Gasteiger partial charge in [-0.1, -0.05) is 22.0 Å². The third-order valence-corrected chi connectivity index (χ3v) is 5.88. The van der Waals surface area contributed by atoms with Gasteiger partial charge in [0.25, 0.3) is 11.8 Å². The lowest BCUT2D eigenvalue weighted by Gasteiger charge is -2.35. The van der Waals surface area contributed by atoms with E-state index in [1.54, 1.807) is 24.1 Å². The molecule has 168 valence electrons. The first kappa shape index (κ1) is 22.4. The molecule has 0 bridgehead atoms. The number of nitrogens with one attached hydrogen (secondary N) is 1. The van der Waals surface area contributed by atoms with Gasteiger partial charge in [0.1, 0.15) is 0 Å². The van der Waals surface area contributed by atoms with Gasteiger partial charge in [-0.15, -0.1) is 0 Å². The summed E-state index contributed by atoms with van der Waals surface area (Å²) in [6.07, 6.45) is 1.81. The number of carbonyl (C=O) groups excluding carboxylic acids is 2. The minimum atomic E-state index is -0.156. The highest BCUT2D eigenvalue weighted by Gasteiger charge is 2.27. The fourth-order valence-electron chi connectivity index (χ4n) is 3.98. The number of carbonyl (C=O) groups is 2. The highest BCUT2D eigenvalue weighted by atomic mass is 79.9. The van der Waals surface area contributed by atoms with Crippen molar-refractivity contribution in [2.45, 2.75) is 26.1 Å². The summed E-state index contributed by atoms with van der Waals surface area (Å²) in [5.74, 6) is 0.710. The zero-order chi connectivity index (χ0) is 22.8. The Morgan fingerprint density at radius 2 is 1.94 bits per heavy atom. The van der Waals surface area contributed by atoms with Gasteiger partial charge >= 0.3 is 0 Å². The largest absolute Gasteiger partial charge is 0.493 e. The molecule has 2 aliphatic rings. The number of ether oxygens (including phenoxy) is 3. The van der Waals surface area contributed by atoms with Gasteiger partial charge in [0.2, 0.25) is 0 Å². The highest BCUT2D eigenvalue weighted by Crippen LogP contribution is 2.36. The summed E-state index contributed by atoms with van der Waals surface area (Å²) in [5, 5.41) is 2.87. The molecule has 0 aromatic heterocycles. The van der Waals surface area contributed by atoms with E-state index in [9.17, 15) is 9.59 Å². The van der Waals surface area contributed by atoms with Gasteiger partial charge < -0.3 is 24.4 Å². The summed E-state index contributed by atoms with van der Waals surface area (Å²) in [7, 11) is 1.54. The monoisotopic (exact) mass is 500 g/mol. The maximum absolute atomic E-state index is 12.6. The molecule has 0 aliphatic carbocycles. The Morgan fingerprint density at radius 3 is 2.66 bits per heavy atom. The van der Waals surface area contributed by atoms with Gasteiger partial charge in [0.05, 0.1) is 19.3 Å². The first-order valence-electron chi connectivity index (χ1n) is 10.4. The SMILES string of the molecule is COc1cc(/C=C2\C(=O)Nc3ccc(Br)cc32)ccc1OCC(=O)N1CC(C)OC(C)C1. The molecule has 2 aromatic carbocycles. The van der Waals surface area contributed by atoms with E-state index in [4.69, 9.17) is 14.2 Å². The minimum Gasteiger partial charge on any atom is -0.493 e. The number of morpholine rings is 1. The van der Waals surface area contributed by atoms with E-state index >= 15 is 0 Å². The van der Waals surface area contributed by atoms with Crippen molar-refractivity contribution in [1.29, 1.82) is 0 Å². The predicted octanol–water partition coefficient (Wildman–Crippen LogP) is 3.97. The molecule has 0 spiro atoms. The van der Waals surface area contributed by atoms with Crippen molar-refractivity contribution in [3.8, 4) is 11.5 Å². The normalized spacial score (nSPS) is 21.3. The number of anilines is 1. The molecule has 8 heteroatoms. The van der Waals surface area contributed by atoms with Crippen molar-refractivity contribution in [3.63, 3.8) is 0 Å². The molecule has 2 aliphatic heterocycles. The molecular weight excluding hydrogens is 476 g/mol. The number of nitrogens with zero attached hydrogens (tertiary/aromatic N) is 1. The van der Waals surface area contributed by atoms with E-state index in [1.165, 1.54) is 0 Å². The zero-order valence-corrected chi connectivity index (χ0v) is 19.8. The maximum Gasteiger partial charge on any atom is 0.260 e. The molecule has 1 fully saturated rings. The molecule has 2 aromatic rings.